The summed E-state index contributed by atoms with van der Waals surface area (Å²) < 4.78 is 0. The van der Waals surface area contributed by atoms with Crippen LogP contribution in [0.5, 0.6) is 0 Å². The maximum Gasteiger partial charge on any atom is 0.305 e. The van der Waals surface area contributed by atoms with Gasteiger partial charge < -0.3 is 10.4 Å². The van der Waals surface area contributed by atoms with Crippen molar-refractivity contribution >= 4 is 11.9 Å². The highest BCUT2D eigenvalue weighted by Crippen LogP contribution is 2.25. The van der Waals surface area contributed by atoms with Crippen molar-refractivity contribution in [1.29, 1.82) is 0 Å². The van der Waals surface area contributed by atoms with Gasteiger partial charge in [-0.05, 0) is 12.8 Å². The molecule has 0 aromatic rings. The summed E-state index contributed by atoms with van der Waals surface area (Å²) in [5.41, 5.74) is 0. The number of amides is 1. The molecule has 2 N–H and O–H groups in total. The van der Waals surface area contributed by atoms with Crippen LogP contribution in [0.2, 0.25) is 0 Å². The molecule has 1 saturated heterocycles. The molecule has 2 rings (SSSR count). The van der Waals surface area contributed by atoms with Gasteiger partial charge >= 0.3 is 5.97 Å². The van der Waals surface area contributed by atoms with E-state index in [0.29, 0.717) is 12.6 Å². The Morgan fingerprint density at radius 1 is 1.35 bits per heavy atom. The molecule has 5 heteroatoms. The van der Waals surface area contributed by atoms with Crippen molar-refractivity contribution in [1.82, 2.24) is 10.2 Å². The number of nitrogens with one attached hydrogen (secondary N) is 1. The molecule has 1 saturated carbocycles. The molecule has 0 aromatic carbocycles. The molecule has 0 bridgehead atoms. The first-order valence-electron chi connectivity index (χ1n) is 6.44. The number of carbonyl (C=O) groups is 2. The third-order valence-corrected chi connectivity index (χ3v) is 3.78. The normalized spacial score (nSPS) is 27.8. The summed E-state index contributed by atoms with van der Waals surface area (Å²) in [4.78, 5) is 24.7. The Morgan fingerprint density at radius 3 is 2.71 bits per heavy atom. The van der Waals surface area contributed by atoms with Gasteiger partial charge in [0.15, 0.2) is 0 Å². The van der Waals surface area contributed by atoms with Crippen LogP contribution in [0, 0.1) is 0 Å². The van der Waals surface area contributed by atoms with Crippen LogP contribution in [-0.4, -0.2) is 47.1 Å². The Morgan fingerprint density at radius 2 is 2.06 bits per heavy atom. The van der Waals surface area contributed by atoms with E-state index in [0.717, 1.165) is 19.4 Å². The van der Waals surface area contributed by atoms with E-state index in [1.807, 2.05) is 0 Å². The molecule has 1 unspecified atom stereocenters. The molecule has 1 heterocycles. The Bertz CT molecular complexity index is 300. The standard InChI is InChI=1S/C12H20N2O3/c15-11(16)8-10-12(17)13-6-7-14(10)9-4-2-1-3-5-9/h9-10H,1-8H2,(H,13,17)(H,15,16). The number of aliphatic carboxylic acids is 1. The van der Waals surface area contributed by atoms with Crippen molar-refractivity contribution in [2.75, 3.05) is 13.1 Å². The van der Waals surface area contributed by atoms with E-state index >= 15 is 0 Å². The van der Waals surface area contributed by atoms with Gasteiger partial charge in [-0.1, -0.05) is 19.3 Å². The molecule has 17 heavy (non-hydrogen) atoms. The maximum absolute atomic E-state index is 11.8. The summed E-state index contributed by atoms with van der Waals surface area (Å²) in [7, 11) is 0. The Labute approximate surface area is 101 Å². The van der Waals surface area contributed by atoms with Crippen LogP contribution in [-0.2, 0) is 9.59 Å². The second kappa shape index (κ2) is 5.49. The van der Waals surface area contributed by atoms with E-state index in [9.17, 15) is 9.59 Å². The summed E-state index contributed by atoms with van der Waals surface area (Å²) in [6, 6.07) is -0.0662. The van der Waals surface area contributed by atoms with Gasteiger partial charge in [0.25, 0.3) is 0 Å². The van der Waals surface area contributed by atoms with Crippen molar-refractivity contribution in [2.24, 2.45) is 0 Å². The number of carboxylic acid groups (broad SMARTS) is 1. The predicted molar refractivity (Wildman–Crippen MR) is 62.6 cm³/mol. The maximum atomic E-state index is 11.8. The molecule has 0 spiro atoms. The molecular weight excluding hydrogens is 220 g/mol. The minimum absolute atomic E-state index is 0.0810. The lowest BCUT2D eigenvalue weighted by atomic mass is 9.92. The summed E-state index contributed by atoms with van der Waals surface area (Å²) in [6.45, 7) is 1.43. The summed E-state index contributed by atoms with van der Waals surface area (Å²) >= 11 is 0. The van der Waals surface area contributed by atoms with Crippen molar-refractivity contribution < 1.29 is 14.7 Å². The van der Waals surface area contributed by atoms with E-state index < -0.39 is 12.0 Å². The smallest absolute Gasteiger partial charge is 0.305 e. The summed E-state index contributed by atoms with van der Waals surface area (Å²) in [5.74, 6) is -1.02. The van der Waals surface area contributed by atoms with Crippen molar-refractivity contribution in [3.63, 3.8) is 0 Å². The number of carboxylic acids is 1. The number of rotatable bonds is 3. The fourth-order valence-electron chi connectivity index (χ4n) is 2.96. The number of piperazine rings is 1. The van der Waals surface area contributed by atoms with Gasteiger partial charge in [-0.2, -0.15) is 0 Å². The lowest BCUT2D eigenvalue weighted by molar-refractivity contribution is -0.144. The molecular formula is C12H20N2O3. The zero-order valence-electron chi connectivity index (χ0n) is 10.0. The zero-order chi connectivity index (χ0) is 12.3. The average molecular weight is 240 g/mol. The summed E-state index contributed by atoms with van der Waals surface area (Å²) in [5, 5.41) is 11.7. The molecule has 5 nitrogen and oxygen atoms in total. The Kier molecular flexibility index (Phi) is 3.99. The first-order valence-corrected chi connectivity index (χ1v) is 6.44. The highest BCUT2D eigenvalue weighted by molar-refractivity contribution is 5.86. The van der Waals surface area contributed by atoms with Crippen LogP contribution < -0.4 is 5.32 Å². The van der Waals surface area contributed by atoms with Gasteiger partial charge in [-0.25, -0.2) is 0 Å². The highest BCUT2D eigenvalue weighted by atomic mass is 16.4. The van der Waals surface area contributed by atoms with Gasteiger partial charge in [-0.3, -0.25) is 14.5 Å². The van der Waals surface area contributed by atoms with E-state index in [1.165, 1.54) is 19.3 Å². The SMILES string of the molecule is O=C(O)CC1C(=O)NCCN1C1CCCCC1. The van der Waals surface area contributed by atoms with Crippen LogP contribution in [0.1, 0.15) is 38.5 Å². The quantitative estimate of drug-likeness (QED) is 0.757. The van der Waals surface area contributed by atoms with Crippen molar-refractivity contribution in [3.8, 4) is 0 Å². The minimum Gasteiger partial charge on any atom is -0.481 e. The topological polar surface area (TPSA) is 69.6 Å². The molecule has 0 radical (unpaired) electrons. The van der Waals surface area contributed by atoms with Crippen molar-refractivity contribution in [3.05, 3.63) is 0 Å². The Hall–Kier alpha value is -1.10. The molecule has 2 fully saturated rings. The van der Waals surface area contributed by atoms with Gasteiger partial charge in [-0.15, -0.1) is 0 Å². The molecule has 96 valence electrons. The minimum atomic E-state index is -0.896. The van der Waals surface area contributed by atoms with Gasteiger partial charge in [0.2, 0.25) is 5.91 Å². The summed E-state index contributed by atoms with van der Waals surface area (Å²) in [6.07, 6.45) is 5.78. The molecule has 1 aliphatic carbocycles. The molecule has 2 aliphatic rings. The van der Waals surface area contributed by atoms with Crippen LogP contribution >= 0.6 is 0 Å². The fraction of sp³-hybridized carbons (Fsp3) is 0.833. The van der Waals surface area contributed by atoms with E-state index in [4.69, 9.17) is 5.11 Å². The number of hydrogen-bond donors (Lipinski definition) is 2. The van der Waals surface area contributed by atoms with E-state index in [2.05, 4.69) is 10.2 Å². The predicted octanol–water partition coefficient (Wildman–Crippen LogP) is 0.594. The fourth-order valence-corrected chi connectivity index (χ4v) is 2.96. The first kappa shape index (κ1) is 12.4. The van der Waals surface area contributed by atoms with Crippen LogP contribution in [0.4, 0.5) is 0 Å². The molecule has 0 aromatic heterocycles. The van der Waals surface area contributed by atoms with Crippen molar-refractivity contribution in [2.45, 2.75) is 50.6 Å². The highest BCUT2D eigenvalue weighted by Gasteiger charge is 2.35. The average Bonchev–Trinajstić information content (AvgIpc) is 2.32. The lowest BCUT2D eigenvalue weighted by Crippen LogP contribution is -2.59. The molecule has 1 amide bonds. The van der Waals surface area contributed by atoms with Gasteiger partial charge in [0.1, 0.15) is 0 Å². The van der Waals surface area contributed by atoms with Gasteiger partial charge in [0, 0.05) is 19.1 Å². The second-order valence-corrected chi connectivity index (χ2v) is 4.93. The monoisotopic (exact) mass is 240 g/mol. The third kappa shape index (κ3) is 2.97. The third-order valence-electron chi connectivity index (χ3n) is 3.78. The first-order chi connectivity index (χ1) is 8.18. The zero-order valence-corrected chi connectivity index (χ0v) is 10.0. The Balaban J connectivity index is 2.05. The lowest BCUT2D eigenvalue weighted by Gasteiger charge is -2.41. The number of carbonyl (C=O) groups excluding carboxylic acids is 1. The van der Waals surface area contributed by atoms with Crippen LogP contribution in [0.25, 0.3) is 0 Å². The van der Waals surface area contributed by atoms with Crippen LogP contribution in [0.3, 0.4) is 0 Å². The largest absolute Gasteiger partial charge is 0.481 e. The van der Waals surface area contributed by atoms with E-state index in [1.54, 1.807) is 0 Å². The van der Waals surface area contributed by atoms with Gasteiger partial charge in [0.05, 0.1) is 12.5 Å². The molecule has 1 aliphatic heterocycles. The number of hydrogen-bond acceptors (Lipinski definition) is 3. The second-order valence-electron chi connectivity index (χ2n) is 4.93. The molecule has 1 atom stereocenters. The van der Waals surface area contributed by atoms with Crippen LogP contribution in [0.15, 0.2) is 0 Å². The number of nitrogens with zero attached hydrogens (tertiary/aromatic N) is 1. The van der Waals surface area contributed by atoms with E-state index in [-0.39, 0.29) is 12.3 Å².